The summed E-state index contributed by atoms with van der Waals surface area (Å²) in [6.07, 6.45) is -3.66. The normalized spacial score (nSPS) is 20.3. The highest BCUT2D eigenvalue weighted by atomic mass is 31.3. The van der Waals surface area contributed by atoms with Gasteiger partial charge in [0, 0.05) is 12.3 Å². The molecule has 1 rings (SSSR count). The summed E-state index contributed by atoms with van der Waals surface area (Å²) in [6, 6.07) is 0.752. The number of hydrogen-bond acceptors (Lipinski definition) is 10. The van der Waals surface area contributed by atoms with Gasteiger partial charge in [-0.2, -0.15) is 8.62 Å². The van der Waals surface area contributed by atoms with Gasteiger partial charge in [-0.25, -0.2) is 27.3 Å². The Hall–Kier alpha value is -1.13. The molecule has 0 saturated carbocycles. The Morgan fingerprint density at radius 2 is 1.74 bits per heavy atom. The van der Waals surface area contributed by atoms with Crippen LogP contribution in [0.4, 0.5) is 8.78 Å². The highest BCUT2D eigenvalue weighted by Crippen LogP contribution is 2.66. The minimum absolute atomic E-state index is 0.364. The number of alkyl halides is 2. The van der Waals surface area contributed by atoms with Gasteiger partial charge in [0.1, 0.15) is 19.4 Å². The van der Waals surface area contributed by atoms with Crippen molar-refractivity contribution in [2.75, 3.05) is 13.3 Å². The molecule has 0 aliphatic rings. The summed E-state index contributed by atoms with van der Waals surface area (Å²) in [6.45, 7) is -2.69. The van der Waals surface area contributed by atoms with E-state index in [9.17, 15) is 42.1 Å². The van der Waals surface area contributed by atoms with Crippen LogP contribution in [0, 0.1) is 0 Å². The number of H-pyrrole nitrogens is 1. The molecule has 1 aromatic heterocycles. The van der Waals surface area contributed by atoms with Crippen molar-refractivity contribution in [2.24, 2.45) is 0 Å². The zero-order valence-corrected chi connectivity index (χ0v) is 17.9. The number of rotatable bonds is 12. The fourth-order valence-corrected chi connectivity index (χ4v) is 4.80. The van der Waals surface area contributed by atoms with Crippen molar-refractivity contribution >= 4 is 23.5 Å². The van der Waals surface area contributed by atoms with Gasteiger partial charge in [-0.1, -0.05) is 0 Å². The van der Waals surface area contributed by atoms with E-state index in [2.05, 4.69) is 17.9 Å². The number of aromatic nitrogens is 2. The molecule has 0 fully saturated rings. The SMILES string of the molecule is C[C@H](O)[C@@](F)(COP(=O)(O)OP(=O)(O)OP(=O)(O)O)O[C@H](CF)n1ccc(=O)[nH]c1=O. The zero-order valence-electron chi connectivity index (χ0n) is 15.2. The van der Waals surface area contributed by atoms with Crippen LogP contribution in [0.2, 0.25) is 0 Å². The van der Waals surface area contributed by atoms with E-state index in [0.29, 0.717) is 11.5 Å². The van der Waals surface area contributed by atoms with Crippen molar-refractivity contribution in [1.82, 2.24) is 9.55 Å². The molecule has 0 bridgehead atoms. The molecule has 0 aromatic carbocycles. The molecule has 21 heteroatoms. The maximum absolute atomic E-state index is 15.0. The number of nitrogens with zero attached hydrogens (tertiary/aromatic N) is 1. The van der Waals surface area contributed by atoms with Crippen molar-refractivity contribution in [1.29, 1.82) is 0 Å². The smallest absolute Gasteiger partial charge is 0.387 e. The number of halogens is 2. The highest BCUT2D eigenvalue weighted by Gasteiger charge is 2.46. The Labute approximate surface area is 170 Å². The lowest BCUT2D eigenvalue weighted by Gasteiger charge is -2.32. The third-order valence-electron chi connectivity index (χ3n) is 3.09. The summed E-state index contributed by atoms with van der Waals surface area (Å²) >= 11 is 0. The first-order valence-corrected chi connectivity index (χ1v) is 12.1. The van der Waals surface area contributed by atoms with E-state index in [0.717, 1.165) is 12.3 Å². The number of phosphoric ester groups is 1. The van der Waals surface area contributed by atoms with Crippen LogP contribution in [-0.2, 0) is 31.6 Å². The van der Waals surface area contributed by atoms with Crippen molar-refractivity contribution in [3.8, 4) is 0 Å². The number of nitrogens with one attached hydrogen (secondary N) is 1. The average molecular weight is 520 g/mol. The van der Waals surface area contributed by atoms with Gasteiger partial charge in [0.25, 0.3) is 11.4 Å². The van der Waals surface area contributed by atoms with E-state index in [4.69, 9.17) is 14.7 Å². The molecule has 0 amide bonds. The van der Waals surface area contributed by atoms with Crippen LogP contribution in [-0.4, -0.2) is 59.5 Å². The number of aliphatic hydroxyl groups excluding tert-OH is 1. The standard InChI is InChI=1S/C10H17F2N2O14P3/c1-6(15)10(12,26-8(4-11)14-3-2-7(16)13-9(14)17)5-25-30(21,22)28-31(23,24)27-29(18,19)20/h2-3,6,8,15H,4-5H2,1H3,(H,21,22)(H,23,24)(H,13,16,17)(H2,18,19,20)/t6-,8+,10+/m0/s1. The third kappa shape index (κ3) is 9.10. The Morgan fingerprint density at radius 1 is 1.16 bits per heavy atom. The lowest BCUT2D eigenvalue weighted by molar-refractivity contribution is -0.261. The lowest BCUT2D eigenvalue weighted by atomic mass is 10.2. The van der Waals surface area contributed by atoms with Gasteiger partial charge in [-0.15, -0.1) is 0 Å². The molecular formula is C10H17F2N2O14P3. The molecule has 16 nitrogen and oxygen atoms in total. The van der Waals surface area contributed by atoms with Gasteiger partial charge < -0.3 is 29.4 Å². The monoisotopic (exact) mass is 520 g/mol. The fraction of sp³-hybridized carbons (Fsp3) is 0.600. The molecule has 6 N–H and O–H groups in total. The molecule has 1 heterocycles. The molecule has 0 radical (unpaired) electrons. The number of aliphatic hydroxyl groups is 1. The second-order valence-electron chi connectivity index (χ2n) is 5.57. The van der Waals surface area contributed by atoms with E-state index in [1.165, 1.54) is 0 Å². The first-order valence-electron chi connectivity index (χ1n) is 7.60. The Balaban J connectivity index is 3.03. The van der Waals surface area contributed by atoms with Crippen molar-refractivity contribution < 1.29 is 65.0 Å². The predicted octanol–water partition coefficient (Wildman–Crippen LogP) is -0.589. The molecule has 2 unspecified atom stereocenters. The summed E-state index contributed by atoms with van der Waals surface area (Å²) in [5.41, 5.74) is -2.12. The van der Waals surface area contributed by atoms with Gasteiger partial charge in [-0.05, 0) is 6.92 Å². The van der Waals surface area contributed by atoms with Gasteiger partial charge in [0.15, 0.2) is 6.23 Å². The second kappa shape index (κ2) is 10.2. The van der Waals surface area contributed by atoms with E-state index in [1.807, 2.05) is 0 Å². The topological polar surface area (TPSA) is 244 Å². The Morgan fingerprint density at radius 3 is 2.19 bits per heavy atom. The largest absolute Gasteiger partial charge is 0.490 e. The molecule has 31 heavy (non-hydrogen) atoms. The minimum atomic E-state index is -5.90. The van der Waals surface area contributed by atoms with Crippen LogP contribution < -0.4 is 11.2 Å². The van der Waals surface area contributed by atoms with Gasteiger partial charge in [-0.3, -0.25) is 18.9 Å². The van der Waals surface area contributed by atoms with Crippen LogP contribution >= 0.6 is 23.5 Å². The van der Waals surface area contributed by atoms with Crippen LogP contribution in [0.15, 0.2) is 21.9 Å². The maximum Gasteiger partial charge on any atom is 0.490 e. The lowest BCUT2D eigenvalue weighted by Crippen LogP contribution is -2.47. The molecule has 1 aromatic rings. The van der Waals surface area contributed by atoms with Gasteiger partial charge in [0.05, 0.1) is 0 Å². The van der Waals surface area contributed by atoms with E-state index >= 15 is 0 Å². The zero-order chi connectivity index (χ0) is 24.3. The second-order valence-corrected chi connectivity index (χ2v) is 9.99. The molecule has 0 aliphatic heterocycles. The van der Waals surface area contributed by atoms with Gasteiger partial charge in [0.2, 0.25) is 0 Å². The summed E-state index contributed by atoms with van der Waals surface area (Å²) in [5, 5.41) is 9.57. The van der Waals surface area contributed by atoms with E-state index in [1.54, 1.807) is 4.98 Å². The molecule has 0 aliphatic carbocycles. The molecule has 180 valence electrons. The summed E-state index contributed by atoms with van der Waals surface area (Å²) in [7, 11) is -17.4. The van der Waals surface area contributed by atoms with E-state index < -0.39 is 66.2 Å². The predicted molar refractivity (Wildman–Crippen MR) is 92.8 cm³/mol. The van der Waals surface area contributed by atoms with Crippen molar-refractivity contribution in [3.05, 3.63) is 33.1 Å². The molecule has 0 saturated heterocycles. The number of phosphoric acid groups is 3. The van der Waals surface area contributed by atoms with Crippen LogP contribution in [0.25, 0.3) is 0 Å². The summed E-state index contributed by atoms with van der Waals surface area (Å²) < 4.78 is 77.6. The molecule has 0 spiro atoms. The summed E-state index contributed by atoms with van der Waals surface area (Å²) in [4.78, 5) is 59.7. The Bertz CT molecular complexity index is 1020. The van der Waals surface area contributed by atoms with E-state index in [-0.39, 0.29) is 0 Å². The first-order chi connectivity index (χ1) is 13.9. The third-order valence-corrected chi connectivity index (χ3v) is 6.87. The molecular weight excluding hydrogens is 503 g/mol. The number of ether oxygens (including phenoxy) is 1. The maximum atomic E-state index is 15.0. The minimum Gasteiger partial charge on any atom is -0.387 e. The first kappa shape index (κ1) is 27.9. The number of aromatic amines is 1. The Kier molecular flexibility index (Phi) is 9.19. The highest BCUT2D eigenvalue weighted by molar-refractivity contribution is 7.66. The van der Waals surface area contributed by atoms with Crippen LogP contribution in [0.3, 0.4) is 0 Å². The average Bonchev–Trinajstić information content (AvgIpc) is 2.55. The molecule has 5 atom stereocenters. The quantitative estimate of drug-likeness (QED) is 0.189. The number of hydrogen-bond donors (Lipinski definition) is 6. The van der Waals surface area contributed by atoms with Crippen LogP contribution in [0.1, 0.15) is 13.2 Å². The fourth-order valence-electron chi connectivity index (χ4n) is 1.77. The van der Waals surface area contributed by atoms with Gasteiger partial charge >= 0.3 is 29.2 Å². The van der Waals surface area contributed by atoms with Crippen molar-refractivity contribution in [2.45, 2.75) is 25.1 Å². The van der Waals surface area contributed by atoms with Crippen molar-refractivity contribution in [3.63, 3.8) is 0 Å². The van der Waals surface area contributed by atoms with Crippen LogP contribution in [0.5, 0.6) is 0 Å². The summed E-state index contributed by atoms with van der Waals surface area (Å²) in [5.74, 6) is -3.56.